The molecule has 5 heteroatoms. The van der Waals surface area contributed by atoms with Crippen LogP contribution in [0.15, 0.2) is 60.7 Å². The Bertz CT molecular complexity index is 1490. The largest absolute Gasteiger partial charge is 0.489 e. The Kier molecular flexibility index (Phi) is 8.22. The van der Waals surface area contributed by atoms with Crippen LogP contribution in [0.2, 0.25) is 0 Å². The predicted molar refractivity (Wildman–Crippen MR) is 170 cm³/mol. The summed E-state index contributed by atoms with van der Waals surface area (Å²) < 4.78 is 19.0. The molecule has 1 N–H and O–H groups in total. The third-order valence-electron chi connectivity index (χ3n) is 9.35. The molecule has 1 saturated heterocycles. The monoisotopic (exact) mass is 566 g/mol. The molecule has 6 rings (SSSR count). The molecule has 2 fully saturated rings. The number of halogens is 1. The number of benzene rings is 3. The highest BCUT2D eigenvalue weighted by molar-refractivity contribution is 6.01. The molecule has 42 heavy (non-hydrogen) atoms. The number of carbonyl (C=O) groups excluding carboxylic acids is 1. The Morgan fingerprint density at radius 1 is 1.02 bits per heavy atom. The van der Waals surface area contributed by atoms with E-state index in [9.17, 15) is 9.18 Å². The van der Waals surface area contributed by atoms with E-state index in [4.69, 9.17) is 4.74 Å². The fraction of sp³-hybridized carbons (Fsp3) is 0.432. The predicted octanol–water partition coefficient (Wildman–Crippen LogP) is 8.15. The fourth-order valence-corrected chi connectivity index (χ4v) is 6.59. The molecular weight excluding hydrogens is 523 g/mol. The summed E-state index contributed by atoms with van der Waals surface area (Å²) in [6.07, 6.45) is 6.65. The van der Waals surface area contributed by atoms with Crippen molar-refractivity contribution in [2.45, 2.75) is 71.8 Å². The number of aryl methyl sites for hydroxylation is 3. The molecule has 0 spiro atoms. The standard InChI is InChI=1S/C37H43FN2O2/c1-25-8-14-32(26(2)22-25)34-7-4-6-28-23-29(39-36(41)37(3)17-18-37)11-15-33(28)35(34)27-9-12-30(13-10-27)42-31-16-21-40(24-31)20-5-19-38/h8-15,22-23,31H,4-7,16-21,24H2,1-3H3,(H,39,41). The molecule has 1 heterocycles. The number of hydrogen-bond donors (Lipinski definition) is 1. The molecule has 4 nitrogen and oxygen atoms in total. The van der Waals surface area contributed by atoms with Crippen LogP contribution < -0.4 is 10.1 Å². The summed E-state index contributed by atoms with van der Waals surface area (Å²) in [5, 5.41) is 3.19. The lowest BCUT2D eigenvalue weighted by Crippen LogP contribution is -2.26. The van der Waals surface area contributed by atoms with Gasteiger partial charge in [-0.15, -0.1) is 0 Å². The smallest absolute Gasteiger partial charge is 0.230 e. The van der Waals surface area contributed by atoms with Crippen molar-refractivity contribution in [2.24, 2.45) is 5.41 Å². The minimum atomic E-state index is -0.262. The number of anilines is 1. The third kappa shape index (κ3) is 6.17. The summed E-state index contributed by atoms with van der Waals surface area (Å²) in [7, 11) is 0. The fourth-order valence-electron chi connectivity index (χ4n) is 6.59. The number of hydrogen-bond acceptors (Lipinski definition) is 3. The quantitative estimate of drug-likeness (QED) is 0.284. The second kappa shape index (κ2) is 12.0. The molecule has 1 aliphatic heterocycles. The second-order valence-electron chi connectivity index (χ2n) is 12.8. The van der Waals surface area contributed by atoms with Crippen molar-refractivity contribution in [3.63, 3.8) is 0 Å². The highest BCUT2D eigenvalue weighted by Gasteiger charge is 2.44. The molecule has 1 unspecified atom stereocenters. The van der Waals surface area contributed by atoms with E-state index in [-0.39, 0.29) is 24.1 Å². The van der Waals surface area contributed by atoms with E-state index in [0.717, 1.165) is 69.6 Å². The Morgan fingerprint density at radius 3 is 2.55 bits per heavy atom. The van der Waals surface area contributed by atoms with E-state index < -0.39 is 0 Å². The Balaban J connectivity index is 1.33. The zero-order valence-electron chi connectivity index (χ0n) is 25.3. The number of nitrogens with one attached hydrogen (secondary N) is 1. The van der Waals surface area contributed by atoms with Gasteiger partial charge in [0.15, 0.2) is 0 Å². The van der Waals surface area contributed by atoms with Gasteiger partial charge in [-0.3, -0.25) is 14.1 Å². The van der Waals surface area contributed by atoms with Crippen LogP contribution >= 0.6 is 0 Å². The van der Waals surface area contributed by atoms with Gasteiger partial charge >= 0.3 is 0 Å². The SMILES string of the molecule is Cc1ccc(C2=C(c3ccc(OC4CCN(CCCF)C4)cc3)c3ccc(NC(=O)C4(C)CC4)cc3CCC2)c(C)c1. The number of nitrogens with zero attached hydrogens (tertiary/aromatic N) is 1. The highest BCUT2D eigenvalue weighted by Crippen LogP contribution is 2.46. The molecule has 3 aromatic carbocycles. The van der Waals surface area contributed by atoms with Gasteiger partial charge < -0.3 is 10.1 Å². The number of alkyl halides is 1. The van der Waals surface area contributed by atoms with E-state index in [1.165, 1.54) is 44.5 Å². The Labute approximate surface area is 250 Å². The number of amides is 1. The highest BCUT2D eigenvalue weighted by atomic mass is 19.1. The first-order valence-corrected chi connectivity index (χ1v) is 15.6. The van der Waals surface area contributed by atoms with Gasteiger partial charge in [-0.1, -0.05) is 48.9 Å². The Hall–Kier alpha value is -3.44. The van der Waals surface area contributed by atoms with Gasteiger partial charge in [-0.25, -0.2) is 0 Å². The molecule has 1 atom stereocenters. The zero-order valence-corrected chi connectivity index (χ0v) is 25.3. The van der Waals surface area contributed by atoms with E-state index in [0.29, 0.717) is 6.42 Å². The molecule has 1 amide bonds. The van der Waals surface area contributed by atoms with E-state index >= 15 is 0 Å². The number of carbonyl (C=O) groups is 1. The van der Waals surface area contributed by atoms with Crippen LogP contribution in [-0.4, -0.2) is 43.2 Å². The van der Waals surface area contributed by atoms with E-state index in [2.05, 4.69) is 84.7 Å². The van der Waals surface area contributed by atoms with Crippen molar-refractivity contribution in [1.82, 2.24) is 4.90 Å². The topological polar surface area (TPSA) is 41.6 Å². The maximum Gasteiger partial charge on any atom is 0.230 e. The van der Waals surface area contributed by atoms with Gasteiger partial charge in [0, 0.05) is 30.7 Å². The minimum absolute atomic E-state index is 0.131. The molecule has 3 aromatic rings. The van der Waals surface area contributed by atoms with Gasteiger partial charge in [-0.05, 0) is 122 Å². The normalized spacial score (nSPS) is 19.8. The number of fused-ring (bicyclic) bond motifs is 1. The first-order chi connectivity index (χ1) is 20.3. The van der Waals surface area contributed by atoms with E-state index in [1.54, 1.807) is 0 Å². The molecular formula is C37H43FN2O2. The maximum atomic E-state index is 12.8. The lowest BCUT2D eigenvalue weighted by Gasteiger charge is -2.20. The minimum Gasteiger partial charge on any atom is -0.489 e. The summed E-state index contributed by atoms with van der Waals surface area (Å²) >= 11 is 0. The van der Waals surface area contributed by atoms with Crippen molar-refractivity contribution < 1.29 is 13.9 Å². The van der Waals surface area contributed by atoms with Crippen LogP contribution in [0.5, 0.6) is 5.75 Å². The van der Waals surface area contributed by atoms with Crippen molar-refractivity contribution in [3.8, 4) is 5.75 Å². The molecule has 1 saturated carbocycles. The Morgan fingerprint density at radius 2 is 1.81 bits per heavy atom. The molecule has 2 aliphatic carbocycles. The van der Waals surface area contributed by atoms with Gasteiger partial charge in [0.1, 0.15) is 11.9 Å². The number of rotatable bonds is 9. The maximum absolute atomic E-state index is 12.8. The van der Waals surface area contributed by atoms with Crippen LogP contribution in [0.4, 0.5) is 10.1 Å². The number of allylic oxidation sites excluding steroid dienone is 1. The summed E-state index contributed by atoms with van der Waals surface area (Å²) in [5.74, 6) is 1.01. The van der Waals surface area contributed by atoms with Crippen LogP contribution in [0.1, 0.15) is 78.8 Å². The van der Waals surface area contributed by atoms with Crippen molar-refractivity contribution in [2.75, 3.05) is 31.6 Å². The van der Waals surface area contributed by atoms with Crippen molar-refractivity contribution in [1.29, 1.82) is 0 Å². The first-order valence-electron chi connectivity index (χ1n) is 15.6. The van der Waals surface area contributed by atoms with Gasteiger partial charge in [0.05, 0.1) is 6.67 Å². The first kappa shape index (κ1) is 28.7. The summed E-state index contributed by atoms with van der Waals surface area (Å²) in [4.78, 5) is 15.1. The second-order valence-corrected chi connectivity index (χ2v) is 12.8. The molecule has 220 valence electrons. The van der Waals surface area contributed by atoms with Crippen molar-refractivity contribution >= 4 is 22.7 Å². The zero-order chi connectivity index (χ0) is 29.3. The van der Waals surface area contributed by atoms with Crippen LogP contribution in [-0.2, 0) is 11.2 Å². The van der Waals surface area contributed by atoms with E-state index in [1.807, 2.05) is 6.92 Å². The summed E-state index contributed by atoms with van der Waals surface area (Å²) in [6.45, 7) is 8.77. The summed E-state index contributed by atoms with van der Waals surface area (Å²) in [6, 6.07) is 21.8. The molecule has 3 aliphatic rings. The third-order valence-corrected chi connectivity index (χ3v) is 9.35. The summed E-state index contributed by atoms with van der Waals surface area (Å²) in [5.41, 5.74) is 10.9. The molecule has 0 bridgehead atoms. The molecule has 0 radical (unpaired) electrons. The van der Waals surface area contributed by atoms with Crippen LogP contribution in [0.3, 0.4) is 0 Å². The average molecular weight is 567 g/mol. The lowest BCUT2D eigenvalue weighted by atomic mass is 9.86. The van der Waals surface area contributed by atoms with Gasteiger partial charge in [-0.2, -0.15) is 0 Å². The van der Waals surface area contributed by atoms with Crippen LogP contribution in [0.25, 0.3) is 11.1 Å². The van der Waals surface area contributed by atoms with Gasteiger partial charge in [0.2, 0.25) is 5.91 Å². The number of ether oxygens (including phenoxy) is 1. The molecule has 0 aromatic heterocycles. The average Bonchev–Trinajstić information content (AvgIpc) is 3.63. The lowest BCUT2D eigenvalue weighted by molar-refractivity contribution is -0.120. The van der Waals surface area contributed by atoms with Gasteiger partial charge in [0.25, 0.3) is 0 Å². The number of likely N-dealkylation sites (tertiary alicyclic amines) is 1. The van der Waals surface area contributed by atoms with Crippen molar-refractivity contribution in [3.05, 3.63) is 94.0 Å². The van der Waals surface area contributed by atoms with Crippen LogP contribution in [0, 0.1) is 19.3 Å².